The van der Waals surface area contributed by atoms with Crippen LogP contribution in [0, 0.1) is 6.92 Å². The van der Waals surface area contributed by atoms with Crippen molar-refractivity contribution >= 4 is 11.6 Å². The summed E-state index contributed by atoms with van der Waals surface area (Å²) in [5.74, 6) is -0.226. The summed E-state index contributed by atoms with van der Waals surface area (Å²) in [5.41, 5.74) is 8.77. The van der Waals surface area contributed by atoms with E-state index in [0.29, 0.717) is 11.4 Å². The third-order valence-electron chi connectivity index (χ3n) is 3.06. The Morgan fingerprint density at radius 3 is 2.84 bits per heavy atom. The molecule has 2 rings (SSSR count). The number of benzene rings is 1. The predicted octanol–water partition coefficient (Wildman–Crippen LogP) is 1.66. The van der Waals surface area contributed by atoms with Crippen molar-refractivity contribution in [3.63, 3.8) is 0 Å². The van der Waals surface area contributed by atoms with E-state index in [2.05, 4.69) is 34.6 Å². The lowest BCUT2D eigenvalue weighted by molar-refractivity contribution is 0.0936. The van der Waals surface area contributed by atoms with Gasteiger partial charge in [-0.2, -0.15) is 5.10 Å². The lowest BCUT2D eigenvalue weighted by Gasteiger charge is -2.15. The van der Waals surface area contributed by atoms with Gasteiger partial charge in [0.2, 0.25) is 0 Å². The molecule has 1 aromatic heterocycles. The molecular weight excluding hydrogens is 240 g/mol. The van der Waals surface area contributed by atoms with Crippen LogP contribution in [0.15, 0.2) is 30.5 Å². The first-order valence-corrected chi connectivity index (χ1v) is 6.22. The van der Waals surface area contributed by atoms with Gasteiger partial charge in [-0.25, -0.2) is 0 Å². The van der Waals surface area contributed by atoms with Crippen LogP contribution in [0.5, 0.6) is 0 Å². The van der Waals surface area contributed by atoms with Crippen LogP contribution in [0.2, 0.25) is 0 Å². The standard InChI is InChI=1S/C14H18N4O/c1-9-5-3-4-6-11(9)7-10(2)17-14(19)13-12(15)8-16-18-13/h3-6,8,10H,7,15H2,1-2H3,(H,16,18)(H,17,19). The van der Waals surface area contributed by atoms with Gasteiger partial charge in [-0.15, -0.1) is 0 Å². The molecule has 5 heteroatoms. The van der Waals surface area contributed by atoms with Gasteiger partial charge in [0.15, 0.2) is 0 Å². The molecule has 19 heavy (non-hydrogen) atoms. The molecule has 1 aromatic carbocycles. The van der Waals surface area contributed by atoms with Crippen molar-refractivity contribution in [2.24, 2.45) is 0 Å². The molecule has 5 nitrogen and oxygen atoms in total. The van der Waals surface area contributed by atoms with E-state index >= 15 is 0 Å². The largest absolute Gasteiger partial charge is 0.396 e. The Morgan fingerprint density at radius 1 is 1.47 bits per heavy atom. The van der Waals surface area contributed by atoms with E-state index in [1.807, 2.05) is 19.1 Å². The van der Waals surface area contributed by atoms with E-state index < -0.39 is 0 Å². The molecular formula is C14H18N4O. The van der Waals surface area contributed by atoms with E-state index in [4.69, 9.17) is 5.73 Å². The highest BCUT2D eigenvalue weighted by atomic mass is 16.2. The molecule has 0 radical (unpaired) electrons. The average Bonchev–Trinajstić information content (AvgIpc) is 2.78. The highest BCUT2D eigenvalue weighted by Gasteiger charge is 2.14. The first kappa shape index (κ1) is 13.1. The molecule has 0 aliphatic rings. The molecule has 0 spiro atoms. The maximum Gasteiger partial charge on any atom is 0.271 e. The second-order valence-electron chi connectivity index (χ2n) is 4.71. The molecule has 2 aromatic rings. The fraction of sp³-hybridized carbons (Fsp3) is 0.286. The molecule has 1 heterocycles. The van der Waals surface area contributed by atoms with Crippen LogP contribution in [0.25, 0.3) is 0 Å². The van der Waals surface area contributed by atoms with Crippen molar-refractivity contribution < 1.29 is 4.79 Å². The molecule has 0 aliphatic heterocycles. The van der Waals surface area contributed by atoms with Gasteiger partial charge in [-0.05, 0) is 31.4 Å². The molecule has 4 N–H and O–H groups in total. The zero-order valence-electron chi connectivity index (χ0n) is 11.1. The summed E-state index contributed by atoms with van der Waals surface area (Å²) in [4.78, 5) is 11.9. The van der Waals surface area contributed by atoms with E-state index in [9.17, 15) is 4.79 Å². The summed E-state index contributed by atoms with van der Waals surface area (Å²) in [6.07, 6.45) is 2.22. The fourth-order valence-corrected chi connectivity index (χ4v) is 1.99. The van der Waals surface area contributed by atoms with E-state index in [-0.39, 0.29) is 11.9 Å². The minimum atomic E-state index is -0.226. The number of rotatable bonds is 4. The van der Waals surface area contributed by atoms with Gasteiger partial charge in [0, 0.05) is 6.04 Å². The van der Waals surface area contributed by atoms with Crippen LogP contribution in [0.3, 0.4) is 0 Å². The summed E-state index contributed by atoms with van der Waals surface area (Å²) in [5, 5.41) is 9.24. The Labute approximate surface area is 112 Å². The number of nitrogens with zero attached hydrogens (tertiary/aromatic N) is 1. The Balaban J connectivity index is 1.99. The number of hydrogen-bond acceptors (Lipinski definition) is 3. The average molecular weight is 258 g/mol. The van der Waals surface area contributed by atoms with E-state index in [0.717, 1.165) is 6.42 Å². The number of nitrogen functional groups attached to an aromatic ring is 1. The van der Waals surface area contributed by atoms with Gasteiger partial charge in [0.05, 0.1) is 11.9 Å². The maximum absolute atomic E-state index is 11.9. The second kappa shape index (κ2) is 5.56. The van der Waals surface area contributed by atoms with Gasteiger partial charge in [0.1, 0.15) is 5.69 Å². The van der Waals surface area contributed by atoms with Crippen molar-refractivity contribution in [3.8, 4) is 0 Å². The number of nitrogens with one attached hydrogen (secondary N) is 2. The Bertz CT molecular complexity index is 576. The van der Waals surface area contributed by atoms with Crippen molar-refractivity contribution in [2.75, 3.05) is 5.73 Å². The molecule has 100 valence electrons. The SMILES string of the molecule is Cc1ccccc1CC(C)NC(=O)c1[nH]ncc1N. The number of aryl methyl sites for hydroxylation is 1. The number of carbonyl (C=O) groups excluding carboxylic acids is 1. The van der Waals surface area contributed by atoms with Gasteiger partial charge in [-0.1, -0.05) is 24.3 Å². The number of aromatic amines is 1. The normalized spacial score (nSPS) is 12.1. The summed E-state index contributed by atoms with van der Waals surface area (Å²) in [6.45, 7) is 4.04. The monoisotopic (exact) mass is 258 g/mol. The predicted molar refractivity (Wildman–Crippen MR) is 74.8 cm³/mol. The third kappa shape index (κ3) is 3.13. The van der Waals surface area contributed by atoms with Gasteiger partial charge in [0.25, 0.3) is 5.91 Å². The lowest BCUT2D eigenvalue weighted by Crippen LogP contribution is -2.34. The van der Waals surface area contributed by atoms with Crippen LogP contribution in [-0.2, 0) is 6.42 Å². The number of anilines is 1. The van der Waals surface area contributed by atoms with Gasteiger partial charge in [-0.3, -0.25) is 9.89 Å². The smallest absolute Gasteiger partial charge is 0.271 e. The van der Waals surface area contributed by atoms with Crippen LogP contribution in [-0.4, -0.2) is 22.1 Å². The topological polar surface area (TPSA) is 83.8 Å². The number of H-pyrrole nitrogens is 1. The zero-order valence-corrected chi connectivity index (χ0v) is 11.1. The van der Waals surface area contributed by atoms with Gasteiger partial charge >= 0.3 is 0 Å². The zero-order chi connectivity index (χ0) is 13.8. The number of nitrogens with two attached hydrogens (primary N) is 1. The fourth-order valence-electron chi connectivity index (χ4n) is 1.99. The van der Waals surface area contributed by atoms with Crippen LogP contribution < -0.4 is 11.1 Å². The van der Waals surface area contributed by atoms with E-state index in [1.54, 1.807) is 0 Å². The molecule has 0 saturated heterocycles. The number of hydrogen-bond donors (Lipinski definition) is 3. The lowest BCUT2D eigenvalue weighted by atomic mass is 10.0. The second-order valence-corrected chi connectivity index (χ2v) is 4.71. The minimum Gasteiger partial charge on any atom is -0.396 e. The van der Waals surface area contributed by atoms with Crippen molar-refractivity contribution in [2.45, 2.75) is 26.3 Å². The highest BCUT2D eigenvalue weighted by Crippen LogP contribution is 2.11. The molecule has 1 atom stereocenters. The third-order valence-corrected chi connectivity index (χ3v) is 3.06. The number of aromatic nitrogens is 2. The van der Waals surface area contributed by atoms with Crippen LogP contribution in [0.1, 0.15) is 28.5 Å². The summed E-state index contributed by atoms with van der Waals surface area (Å²) in [6, 6.07) is 8.17. The van der Waals surface area contributed by atoms with Crippen molar-refractivity contribution in [3.05, 3.63) is 47.3 Å². The molecule has 0 bridgehead atoms. The number of amides is 1. The van der Waals surface area contributed by atoms with Crippen LogP contribution in [0.4, 0.5) is 5.69 Å². The Hall–Kier alpha value is -2.30. The van der Waals surface area contributed by atoms with Crippen molar-refractivity contribution in [1.82, 2.24) is 15.5 Å². The summed E-state index contributed by atoms with van der Waals surface area (Å²) in [7, 11) is 0. The molecule has 0 fully saturated rings. The van der Waals surface area contributed by atoms with Crippen molar-refractivity contribution in [1.29, 1.82) is 0 Å². The molecule has 0 aliphatic carbocycles. The molecule has 1 unspecified atom stereocenters. The summed E-state index contributed by atoms with van der Waals surface area (Å²) >= 11 is 0. The van der Waals surface area contributed by atoms with E-state index in [1.165, 1.54) is 17.3 Å². The molecule has 1 amide bonds. The Morgan fingerprint density at radius 2 is 2.21 bits per heavy atom. The minimum absolute atomic E-state index is 0.0244. The Kier molecular flexibility index (Phi) is 3.85. The number of carbonyl (C=O) groups is 1. The van der Waals surface area contributed by atoms with Gasteiger partial charge < -0.3 is 11.1 Å². The molecule has 0 saturated carbocycles. The maximum atomic E-state index is 11.9. The first-order chi connectivity index (χ1) is 9.08. The quantitative estimate of drug-likeness (QED) is 0.779. The van der Waals surface area contributed by atoms with Crippen LogP contribution >= 0.6 is 0 Å². The highest BCUT2D eigenvalue weighted by molar-refractivity contribution is 5.97. The first-order valence-electron chi connectivity index (χ1n) is 6.22. The summed E-state index contributed by atoms with van der Waals surface area (Å²) < 4.78 is 0.